The number of fused-ring (bicyclic) bond motifs is 9. The van der Waals surface area contributed by atoms with E-state index in [4.69, 9.17) is 4.74 Å². The maximum absolute atomic E-state index is 13.3. The molecule has 1 saturated heterocycles. The number of aromatic nitrogens is 2. The van der Waals surface area contributed by atoms with Gasteiger partial charge in [-0.25, -0.2) is 4.79 Å². The predicted octanol–water partition coefficient (Wildman–Crippen LogP) is 4.33. The van der Waals surface area contributed by atoms with E-state index < -0.39 is 0 Å². The Kier molecular flexibility index (Phi) is 4.89. The van der Waals surface area contributed by atoms with E-state index in [9.17, 15) is 14.4 Å². The Labute approximate surface area is 229 Å². The van der Waals surface area contributed by atoms with Gasteiger partial charge in [-0.2, -0.15) is 0 Å². The first-order chi connectivity index (χ1) is 19.4. The molecule has 3 aliphatic rings. The summed E-state index contributed by atoms with van der Waals surface area (Å²) in [6, 6.07) is 16.4. The summed E-state index contributed by atoms with van der Waals surface area (Å²) in [5.41, 5.74) is 4.70. The van der Waals surface area contributed by atoms with Crippen LogP contribution >= 0.6 is 0 Å². The van der Waals surface area contributed by atoms with Gasteiger partial charge in [-0.15, -0.1) is 0 Å². The van der Waals surface area contributed by atoms with E-state index >= 15 is 0 Å². The zero-order chi connectivity index (χ0) is 27.3. The number of aryl methyl sites for hydroxylation is 1. The summed E-state index contributed by atoms with van der Waals surface area (Å²) in [5, 5.41) is 6.02. The highest BCUT2D eigenvalue weighted by atomic mass is 16.6. The summed E-state index contributed by atoms with van der Waals surface area (Å²) >= 11 is 0. The fourth-order valence-corrected chi connectivity index (χ4v) is 7.17. The second-order valence-electron chi connectivity index (χ2n) is 11.4. The van der Waals surface area contributed by atoms with E-state index in [2.05, 4.69) is 25.4 Å². The molecule has 3 aliphatic heterocycles. The third kappa shape index (κ3) is 3.09. The minimum atomic E-state index is -0.365. The van der Waals surface area contributed by atoms with Crippen LogP contribution < -0.4 is 5.32 Å². The molecular weight excluding hydrogens is 506 g/mol. The van der Waals surface area contributed by atoms with E-state index in [0.29, 0.717) is 49.8 Å². The molecule has 1 unspecified atom stereocenters. The molecule has 5 aromatic rings. The first kappa shape index (κ1) is 23.5. The highest BCUT2D eigenvalue weighted by Crippen LogP contribution is 2.45. The largest absolute Gasteiger partial charge is 0.444 e. The standard InChI is InChI=1S/C31H29N5O4/c1-33(2)17-11-13-34(15-17)31(39)40-18-12-14-35-21-9-5-3-7-19(21)23-25-26(30(38)32-29(25)37)24-20-8-4-6-10-22(20)36(16-18)28(24)27(23)35/h3-10,17-18H,11-16H2,1-2H3,(H,32,37,38)/t17-,18?/m1/s1. The molecule has 3 aromatic carbocycles. The first-order valence-electron chi connectivity index (χ1n) is 13.9. The summed E-state index contributed by atoms with van der Waals surface area (Å²) in [7, 11) is 4.09. The number of carbonyl (C=O) groups excluding carboxylic acids is 3. The molecule has 2 aromatic heterocycles. The van der Waals surface area contributed by atoms with E-state index in [1.54, 1.807) is 0 Å². The number of nitrogens with zero attached hydrogens (tertiary/aromatic N) is 4. The number of benzene rings is 3. The number of hydrogen-bond donors (Lipinski definition) is 1. The Morgan fingerprint density at radius 1 is 0.825 bits per heavy atom. The Morgan fingerprint density at radius 3 is 2.05 bits per heavy atom. The van der Waals surface area contributed by atoms with Gasteiger partial charge in [-0.05, 0) is 32.6 Å². The fraction of sp³-hybridized carbons (Fsp3) is 0.323. The molecule has 0 spiro atoms. The molecule has 40 heavy (non-hydrogen) atoms. The highest BCUT2D eigenvalue weighted by Gasteiger charge is 2.38. The quantitative estimate of drug-likeness (QED) is 0.340. The highest BCUT2D eigenvalue weighted by molar-refractivity contribution is 6.39. The smallest absolute Gasteiger partial charge is 0.410 e. The Balaban J connectivity index is 1.36. The van der Waals surface area contributed by atoms with Crippen LogP contribution in [0.2, 0.25) is 0 Å². The lowest BCUT2D eigenvalue weighted by molar-refractivity contribution is 0.0539. The van der Waals surface area contributed by atoms with Gasteiger partial charge in [-0.1, -0.05) is 36.4 Å². The van der Waals surface area contributed by atoms with Crippen molar-refractivity contribution >= 4 is 61.5 Å². The summed E-state index contributed by atoms with van der Waals surface area (Å²) in [5.74, 6) is -0.715. The van der Waals surface area contributed by atoms with Crippen LogP contribution in [0.3, 0.4) is 0 Å². The number of imide groups is 1. The average molecular weight is 536 g/mol. The number of amides is 3. The number of ether oxygens (including phenoxy) is 1. The van der Waals surface area contributed by atoms with Crippen molar-refractivity contribution in [1.29, 1.82) is 0 Å². The van der Waals surface area contributed by atoms with Crippen molar-refractivity contribution in [2.45, 2.75) is 38.1 Å². The molecule has 1 fully saturated rings. The minimum Gasteiger partial charge on any atom is -0.444 e. The zero-order valence-electron chi connectivity index (χ0n) is 22.4. The maximum Gasteiger partial charge on any atom is 0.410 e. The lowest BCUT2D eigenvalue weighted by Gasteiger charge is -2.26. The summed E-state index contributed by atoms with van der Waals surface area (Å²) in [4.78, 5) is 43.9. The molecule has 9 heteroatoms. The van der Waals surface area contributed by atoms with Gasteiger partial charge in [0.1, 0.15) is 6.10 Å². The number of nitrogens with one attached hydrogen (secondary N) is 1. The first-order valence-corrected chi connectivity index (χ1v) is 13.9. The van der Waals surface area contributed by atoms with Crippen molar-refractivity contribution in [3.63, 3.8) is 0 Å². The van der Waals surface area contributed by atoms with Gasteiger partial charge in [0.05, 0.1) is 28.7 Å². The van der Waals surface area contributed by atoms with Crippen molar-refractivity contribution in [1.82, 2.24) is 24.3 Å². The monoisotopic (exact) mass is 535 g/mol. The van der Waals surface area contributed by atoms with Crippen LogP contribution in [0.25, 0.3) is 43.6 Å². The maximum atomic E-state index is 13.3. The van der Waals surface area contributed by atoms with E-state index in [0.717, 1.165) is 50.0 Å². The topological polar surface area (TPSA) is 88.8 Å². The molecule has 9 nitrogen and oxygen atoms in total. The third-order valence-electron chi connectivity index (χ3n) is 9.08. The second kappa shape index (κ2) is 8.32. The molecule has 8 rings (SSSR count). The normalized spacial score (nSPS) is 20.7. The fourth-order valence-electron chi connectivity index (χ4n) is 7.17. The second-order valence-corrected chi connectivity index (χ2v) is 11.4. The van der Waals surface area contributed by atoms with Crippen molar-refractivity contribution in [3.8, 4) is 0 Å². The number of likely N-dealkylation sites (N-methyl/N-ethyl adjacent to an activating group) is 1. The van der Waals surface area contributed by atoms with Crippen LogP contribution in [0.1, 0.15) is 33.6 Å². The molecular formula is C31H29N5O4. The van der Waals surface area contributed by atoms with Crippen LogP contribution in [-0.4, -0.2) is 76.2 Å². The van der Waals surface area contributed by atoms with Crippen LogP contribution in [0, 0.1) is 0 Å². The van der Waals surface area contributed by atoms with E-state index in [1.807, 2.05) is 61.5 Å². The molecule has 0 aliphatic carbocycles. The minimum absolute atomic E-state index is 0.274. The molecule has 202 valence electrons. The predicted molar refractivity (Wildman–Crippen MR) is 153 cm³/mol. The number of carbonyl (C=O) groups is 3. The van der Waals surface area contributed by atoms with Gasteiger partial charge >= 0.3 is 6.09 Å². The molecule has 2 atom stereocenters. The van der Waals surface area contributed by atoms with E-state index in [1.165, 1.54) is 0 Å². The van der Waals surface area contributed by atoms with Crippen molar-refractivity contribution in [2.24, 2.45) is 0 Å². The Morgan fingerprint density at radius 2 is 1.43 bits per heavy atom. The van der Waals surface area contributed by atoms with Gasteiger partial charge in [-0.3, -0.25) is 14.9 Å². The third-order valence-corrected chi connectivity index (χ3v) is 9.08. The Hall–Kier alpha value is -4.37. The number of para-hydroxylation sites is 2. The number of likely N-dealkylation sites (tertiary alicyclic amines) is 1. The lowest BCUT2D eigenvalue weighted by atomic mass is 9.96. The molecule has 1 N–H and O–H groups in total. The summed E-state index contributed by atoms with van der Waals surface area (Å²) in [6.07, 6.45) is 0.921. The Bertz CT molecular complexity index is 1930. The van der Waals surface area contributed by atoms with Gasteiger partial charge in [0.15, 0.2) is 0 Å². The van der Waals surface area contributed by atoms with Crippen LogP contribution in [0.15, 0.2) is 48.5 Å². The molecule has 0 radical (unpaired) electrons. The van der Waals surface area contributed by atoms with Gasteiger partial charge in [0.2, 0.25) is 0 Å². The van der Waals surface area contributed by atoms with Crippen LogP contribution in [0.5, 0.6) is 0 Å². The molecule has 3 amide bonds. The summed E-state index contributed by atoms with van der Waals surface area (Å²) in [6.45, 7) is 2.43. The molecule has 0 bridgehead atoms. The van der Waals surface area contributed by atoms with Crippen molar-refractivity contribution in [3.05, 3.63) is 59.7 Å². The van der Waals surface area contributed by atoms with Gasteiger partial charge in [0.25, 0.3) is 11.8 Å². The number of rotatable bonds is 2. The molecule has 5 heterocycles. The lowest BCUT2D eigenvalue weighted by Crippen LogP contribution is -2.37. The van der Waals surface area contributed by atoms with Gasteiger partial charge < -0.3 is 23.7 Å². The molecule has 0 saturated carbocycles. The zero-order valence-corrected chi connectivity index (χ0v) is 22.4. The summed E-state index contributed by atoms with van der Waals surface area (Å²) < 4.78 is 10.7. The van der Waals surface area contributed by atoms with Crippen molar-refractivity contribution < 1.29 is 19.1 Å². The van der Waals surface area contributed by atoms with Crippen LogP contribution in [-0.2, 0) is 17.8 Å². The SMILES string of the molecule is CN(C)[C@@H]1CCN(C(=O)OC2CCn3c4ccccc4c4c5c(c6c7ccccc7n(c6c43)C2)C(=O)NC5=O)C1. The van der Waals surface area contributed by atoms with Gasteiger partial charge in [0, 0.05) is 64.7 Å². The van der Waals surface area contributed by atoms with Crippen LogP contribution in [0.4, 0.5) is 4.79 Å². The average Bonchev–Trinajstić information content (AvgIpc) is 3.69. The van der Waals surface area contributed by atoms with Crippen molar-refractivity contribution in [2.75, 3.05) is 27.2 Å². The number of hydrogen-bond acceptors (Lipinski definition) is 5. The van der Waals surface area contributed by atoms with E-state index in [-0.39, 0.29) is 24.0 Å².